The van der Waals surface area contributed by atoms with Gasteiger partial charge in [0.2, 0.25) is 0 Å². The van der Waals surface area contributed by atoms with Crippen LogP contribution in [0.25, 0.3) is 0 Å². The molecule has 0 atom stereocenters. The summed E-state index contributed by atoms with van der Waals surface area (Å²) in [7, 11) is 0. The summed E-state index contributed by atoms with van der Waals surface area (Å²) in [5.74, 6) is 0.492. The minimum Gasteiger partial charge on any atom is -0.494 e. The highest BCUT2D eigenvalue weighted by molar-refractivity contribution is 5.87. The number of hydrogen-bond donors (Lipinski definition) is 0. The number of hydrogen-bond acceptors (Lipinski definition) is 10. The third kappa shape index (κ3) is 15.3. The van der Waals surface area contributed by atoms with Gasteiger partial charge < -0.3 is 28.4 Å². The molecule has 2 aromatic rings. The fraction of sp³-hybridized carbons (Fsp3) is 0.500. The Hall–Kier alpha value is -4.60. The van der Waals surface area contributed by atoms with Crippen LogP contribution in [0.1, 0.15) is 90.9 Å². The monoisotopic (exact) mass is 692 g/mol. The summed E-state index contributed by atoms with van der Waals surface area (Å²) in [6.45, 7) is 12.3. The average molecular weight is 693 g/mol. The zero-order valence-electron chi connectivity index (χ0n) is 29.6. The Balaban J connectivity index is 1.24. The largest absolute Gasteiger partial charge is 0.494 e. The lowest BCUT2D eigenvalue weighted by Gasteiger charge is -2.25. The highest BCUT2D eigenvalue weighted by Gasteiger charge is 2.32. The summed E-state index contributed by atoms with van der Waals surface area (Å²) < 4.78 is 33.0. The number of rotatable bonds is 22. The molecule has 1 aliphatic carbocycles. The van der Waals surface area contributed by atoms with Crippen molar-refractivity contribution in [1.29, 1.82) is 0 Å². The van der Waals surface area contributed by atoms with Crippen molar-refractivity contribution in [3.8, 4) is 23.0 Å². The van der Waals surface area contributed by atoms with E-state index in [9.17, 15) is 19.2 Å². The van der Waals surface area contributed by atoms with Gasteiger partial charge in [-0.15, -0.1) is 0 Å². The molecule has 10 nitrogen and oxygen atoms in total. The van der Waals surface area contributed by atoms with Crippen molar-refractivity contribution < 1.29 is 47.6 Å². The highest BCUT2D eigenvalue weighted by Crippen LogP contribution is 2.32. The van der Waals surface area contributed by atoms with Crippen molar-refractivity contribution in [2.75, 3.05) is 26.4 Å². The van der Waals surface area contributed by atoms with Gasteiger partial charge in [-0.1, -0.05) is 13.2 Å². The van der Waals surface area contributed by atoms with Crippen LogP contribution in [0, 0.1) is 11.8 Å². The summed E-state index contributed by atoms with van der Waals surface area (Å²) in [6, 6.07) is 14.0. The SMILES string of the molecule is C=C(C)C(=O)OCCCCCCOc1ccc(OC(=O)C2CCC(C(=O)Oc3ccc(OCCCCCCOC(=O)C(=C)C)cc3)CC2)cc1. The molecule has 0 aliphatic heterocycles. The quantitative estimate of drug-likeness (QED) is 0.0517. The second kappa shape index (κ2) is 22.2. The summed E-state index contributed by atoms with van der Waals surface area (Å²) in [5, 5.41) is 0. The molecule has 0 unspecified atom stereocenters. The maximum absolute atomic E-state index is 12.8. The summed E-state index contributed by atoms with van der Waals surface area (Å²) in [5.41, 5.74) is 0.817. The first kappa shape index (κ1) is 39.8. The van der Waals surface area contributed by atoms with Crippen molar-refractivity contribution in [3.05, 3.63) is 72.8 Å². The molecule has 272 valence electrons. The third-order valence-corrected chi connectivity index (χ3v) is 8.26. The fourth-order valence-corrected chi connectivity index (χ4v) is 5.24. The molecule has 0 N–H and O–H groups in total. The molecule has 1 saturated carbocycles. The highest BCUT2D eigenvalue weighted by atomic mass is 16.5. The van der Waals surface area contributed by atoms with Gasteiger partial charge >= 0.3 is 23.9 Å². The van der Waals surface area contributed by atoms with Crippen molar-refractivity contribution in [1.82, 2.24) is 0 Å². The van der Waals surface area contributed by atoms with Gasteiger partial charge in [0.15, 0.2) is 0 Å². The Bertz CT molecular complexity index is 1280. The molecule has 0 bridgehead atoms. The van der Waals surface area contributed by atoms with E-state index in [4.69, 9.17) is 28.4 Å². The molecule has 50 heavy (non-hydrogen) atoms. The van der Waals surface area contributed by atoms with E-state index in [1.165, 1.54) is 0 Å². The van der Waals surface area contributed by atoms with Gasteiger partial charge in [0.25, 0.3) is 0 Å². The topological polar surface area (TPSA) is 124 Å². The number of esters is 4. The lowest BCUT2D eigenvalue weighted by Crippen LogP contribution is -2.30. The van der Waals surface area contributed by atoms with Crippen LogP contribution in [0.3, 0.4) is 0 Å². The second-order valence-corrected chi connectivity index (χ2v) is 12.7. The summed E-state index contributed by atoms with van der Waals surface area (Å²) in [4.78, 5) is 48.3. The van der Waals surface area contributed by atoms with Gasteiger partial charge in [0.05, 0.1) is 38.3 Å². The Labute approximate surface area is 296 Å². The van der Waals surface area contributed by atoms with Crippen molar-refractivity contribution in [2.24, 2.45) is 11.8 Å². The molecule has 3 rings (SSSR count). The zero-order valence-corrected chi connectivity index (χ0v) is 29.6. The summed E-state index contributed by atoms with van der Waals surface area (Å²) in [6.07, 6.45) is 9.41. The van der Waals surface area contributed by atoms with E-state index in [0.29, 0.717) is 86.3 Å². The molecule has 0 radical (unpaired) electrons. The maximum atomic E-state index is 12.8. The number of benzene rings is 2. The minimum absolute atomic E-state index is 0.269. The predicted octanol–water partition coefficient (Wildman–Crippen LogP) is 8.12. The van der Waals surface area contributed by atoms with Crippen molar-refractivity contribution in [3.63, 3.8) is 0 Å². The first-order valence-electron chi connectivity index (χ1n) is 17.7. The third-order valence-electron chi connectivity index (χ3n) is 8.26. The van der Waals surface area contributed by atoms with Gasteiger partial charge in [0.1, 0.15) is 23.0 Å². The number of ether oxygens (including phenoxy) is 6. The van der Waals surface area contributed by atoms with Gasteiger partial charge in [-0.3, -0.25) is 9.59 Å². The standard InChI is InChI=1S/C40H52O10/c1-29(2)37(41)47-27-11-7-5-9-25-45-33-17-21-35(22-18-33)49-39(43)31-13-15-32(16-14-31)40(44)50-36-23-19-34(20-24-36)46-26-10-6-8-12-28-48-38(42)30(3)4/h17-24,31-32H,1,3,5-16,25-28H2,2,4H3. The van der Waals surface area contributed by atoms with E-state index in [1.54, 1.807) is 62.4 Å². The number of carbonyl (C=O) groups excluding carboxylic acids is 4. The molecule has 10 heteroatoms. The molecule has 2 aromatic carbocycles. The minimum atomic E-state index is -0.350. The van der Waals surface area contributed by atoms with Gasteiger partial charge in [-0.2, -0.15) is 0 Å². The van der Waals surface area contributed by atoms with Crippen molar-refractivity contribution >= 4 is 23.9 Å². The second-order valence-electron chi connectivity index (χ2n) is 12.7. The molecule has 1 fully saturated rings. The molecular weight excluding hydrogens is 640 g/mol. The Morgan fingerprint density at radius 3 is 1.12 bits per heavy atom. The molecule has 0 heterocycles. The van der Waals surface area contributed by atoms with Crippen LogP contribution in [0.5, 0.6) is 23.0 Å². The van der Waals surface area contributed by atoms with Crippen LogP contribution in [-0.4, -0.2) is 50.3 Å². The van der Waals surface area contributed by atoms with Gasteiger partial charge in [0, 0.05) is 11.1 Å². The zero-order chi connectivity index (χ0) is 36.1. The molecule has 0 saturated heterocycles. The van der Waals surface area contributed by atoms with Gasteiger partial charge in [-0.25, -0.2) is 9.59 Å². The normalized spacial score (nSPS) is 15.3. The Morgan fingerprint density at radius 1 is 0.500 bits per heavy atom. The molecule has 0 spiro atoms. The lowest BCUT2D eigenvalue weighted by atomic mass is 9.82. The smallest absolute Gasteiger partial charge is 0.333 e. The number of carbonyl (C=O) groups is 4. The molecular formula is C40H52O10. The van der Waals surface area contributed by atoms with Gasteiger partial charge in [-0.05, 0) is 139 Å². The fourth-order valence-electron chi connectivity index (χ4n) is 5.24. The Kier molecular flexibility index (Phi) is 17.7. The number of unbranched alkanes of at least 4 members (excludes halogenated alkanes) is 6. The van der Waals surface area contributed by atoms with Crippen LogP contribution >= 0.6 is 0 Å². The van der Waals surface area contributed by atoms with E-state index in [1.807, 2.05) is 0 Å². The Morgan fingerprint density at radius 2 is 0.800 bits per heavy atom. The first-order chi connectivity index (χ1) is 24.1. The van der Waals surface area contributed by atoms with Crippen LogP contribution in [0.2, 0.25) is 0 Å². The van der Waals surface area contributed by atoms with Crippen LogP contribution in [0.4, 0.5) is 0 Å². The van der Waals surface area contributed by atoms with E-state index in [-0.39, 0.29) is 35.7 Å². The first-order valence-corrected chi connectivity index (χ1v) is 17.7. The van der Waals surface area contributed by atoms with Crippen LogP contribution in [0.15, 0.2) is 72.8 Å². The van der Waals surface area contributed by atoms with Crippen molar-refractivity contribution in [2.45, 2.75) is 90.9 Å². The van der Waals surface area contributed by atoms with E-state index in [0.717, 1.165) is 51.4 Å². The van der Waals surface area contributed by atoms with E-state index in [2.05, 4.69) is 13.2 Å². The van der Waals surface area contributed by atoms with Crippen LogP contribution < -0.4 is 18.9 Å². The van der Waals surface area contributed by atoms with E-state index < -0.39 is 0 Å². The summed E-state index contributed by atoms with van der Waals surface area (Å²) >= 11 is 0. The molecule has 0 aromatic heterocycles. The maximum Gasteiger partial charge on any atom is 0.333 e. The molecule has 1 aliphatic rings. The molecule has 0 amide bonds. The predicted molar refractivity (Wildman–Crippen MR) is 189 cm³/mol. The van der Waals surface area contributed by atoms with E-state index >= 15 is 0 Å². The lowest BCUT2D eigenvalue weighted by molar-refractivity contribution is -0.145. The average Bonchev–Trinajstić information content (AvgIpc) is 3.11. The van der Waals surface area contributed by atoms with Crippen LogP contribution in [-0.2, 0) is 28.7 Å².